The van der Waals surface area contributed by atoms with Crippen LogP contribution < -0.4 is 15.1 Å². The molecule has 1 aliphatic carbocycles. The Bertz CT molecular complexity index is 1730. The van der Waals surface area contributed by atoms with E-state index in [0.717, 1.165) is 13.2 Å². The Morgan fingerprint density at radius 2 is 1.62 bits per heavy atom. The molecule has 3 heterocycles. The SMILES string of the molecule is COC1=CC(=O)c2c(O)c3c(c(O)c2C1=O)OC1(Oc2c(cc4cc(C)oc(=O)c4c2O)C(OC)C1O)C3O. The largest absolute Gasteiger partial charge is 0.507 e. The second-order valence-corrected chi connectivity index (χ2v) is 9.28. The van der Waals surface area contributed by atoms with Crippen molar-refractivity contribution in [3.8, 4) is 28.7 Å². The van der Waals surface area contributed by atoms with Gasteiger partial charge in [0, 0.05) is 18.7 Å². The molecule has 2 aliphatic heterocycles. The predicted octanol–water partition coefficient (Wildman–Crippen LogP) is 1.39. The van der Waals surface area contributed by atoms with Gasteiger partial charge in [-0.3, -0.25) is 9.59 Å². The molecule has 13 nitrogen and oxygen atoms in total. The van der Waals surface area contributed by atoms with Gasteiger partial charge in [0.25, 0.3) is 0 Å². The summed E-state index contributed by atoms with van der Waals surface area (Å²) in [6, 6.07) is 2.91. The molecule has 5 N–H and O–H groups in total. The summed E-state index contributed by atoms with van der Waals surface area (Å²) < 4.78 is 27.0. The third-order valence-electron chi connectivity index (χ3n) is 7.19. The minimum Gasteiger partial charge on any atom is -0.507 e. The molecule has 3 aromatic rings. The first-order chi connectivity index (χ1) is 18.5. The number of aliphatic hydroxyl groups is 2. The number of Topliss-reactive ketones (excluding diaryl/α,β-unsaturated/α-hetero) is 1. The number of methoxy groups -OCH3 is 2. The number of ketones is 2. The Morgan fingerprint density at radius 3 is 2.28 bits per heavy atom. The van der Waals surface area contributed by atoms with Crippen molar-refractivity contribution >= 4 is 22.3 Å². The fourth-order valence-corrected chi connectivity index (χ4v) is 5.43. The molecule has 202 valence electrons. The lowest BCUT2D eigenvalue weighted by molar-refractivity contribution is -0.263. The number of ether oxygens (including phenoxy) is 4. The monoisotopic (exact) mass is 540 g/mol. The molecule has 0 saturated heterocycles. The smallest absolute Gasteiger partial charge is 0.347 e. The van der Waals surface area contributed by atoms with E-state index in [4.69, 9.17) is 23.4 Å². The van der Waals surface area contributed by atoms with Crippen LogP contribution in [0, 0.1) is 6.92 Å². The molecule has 3 aliphatic rings. The van der Waals surface area contributed by atoms with Crippen LogP contribution in [-0.4, -0.2) is 63.2 Å². The highest BCUT2D eigenvalue weighted by Gasteiger charge is 2.64. The average molecular weight is 540 g/mol. The molecule has 2 aromatic carbocycles. The summed E-state index contributed by atoms with van der Waals surface area (Å²) in [6.45, 7) is 1.53. The van der Waals surface area contributed by atoms with Crippen LogP contribution in [0.2, 0.25) is 0 Å². The molecule has 4 atom stereocenters. The number of aromatic hydroxyl groups is 3. The number of aryl methyl sites for hydroxylation is 1. The summed E-state index contributed by atoms with van der Waals surface area (Å²) in [5.41, 5.74) is -2.62. The first-order valence-corrected chi connectivity index (χ1v) is 11.5. The summed E-state index contributed by atoms with van der Waals surface area (Å²) in [6.07, 6.45) is -4.52. The van der Waals surface area contributed by atoms with Crippen LogP contribution in [0.25, 0.3) is 10.8 Å². The van der Waals surface area contributed by atoms with Crippen molar-refractivity contribution in [2.45, 2.75) is 31.0 Å². The van der Waals surface area contributed by atoms with Crippen molar-refractivity contribution in [1.29, 1.82) is 0 Å². The van der Waals surface area contributed by atoms with E-state index in [1.54, 1.807) is 0 Å². The van der Waals surface area contributed by atoms with E-state index in [1.807, 2.05) is 0 Å². The van der Waals surface area contributed by atoms with Crippen molar-refractivity contribution < 1.29 is 58.5 Å². The molecule has 13 heteroatoms. The van der Waals surface area contributed by atoms with Crippen molar-refractivity contribution in [2.24, 2.45) is 0 Å². The lowest BCUT2D eigenvalue weighted by Crippen LogP contribution is -2.59. The van der Waals surface area contributed by atoms with E-state index in [9.17, 15) is 39.9 Å². The van der Waals surface area contributed by atoms with Gasteiger partial charge in [0.2, 0.25) is 5.78 Å². The standard InChI is InChI=1S/C26H20O13/c1-7-4-8-5-9-20(18(30)12(8)25(34)37-7)38-26(24(33)21(9)36-3)23(32)15-17(29)13-10(27)6-11(35-2)16(28)14(13)19(31)22(15)39-26/h4-6,21,23-24,29-33H,1-3H3. The van der Waals surface area contributed by atoms with Crippen molar-refractivity contribution in [3.05, 3.63) is 62.4 Å². The van der Waals surface area contributed by atoms with E-state index in [2.05, 4.69) is 0 Å². The van der Waals surface area contributed by atoms with Crippen LogP contribution in [0.5, 0.6) is 28.7 Å². The van der Waals surface area contributed by atoms with Gasteiger partial charge in [-0.05, 0) is 24.4 Å². The van der Waals surface area contributed by atoms with Crippen LogP contribution in [0.3, 0.4) is 0 Å². The van der Waals surface area contributed by atoms with Gasteiger partial charge in [0.15, 0.2) is 46.7 Å². The molecule has 0 radical (unpaired) electrons. The third-order valence-corrected chi connectivity index (χ3v) is 7.19. The number of allylic oxidation sites excluding steroid dienone is 2. The number of phenols is 3. The molecule has 6 rings (SSSR count). The summed E-state index contributed by atoms with van der Waals surface area (Å²) in [5.74, 6) is -8.21. The van der Waals surface area contributed by atoms with Gasteiger partial charge in [-0.1, -0.05) is 0 Å². The lowest BCUT2D eigenvalue weighted by Gasteiger charge is -2.43. The Labute approximate surface area is 217 Å². The highest BCUT2D eigenvalue weighted by atomic mass is 16.7. The van der Waals surface area contributed by atoms with Gasteiger partial charge in [0.1, 0.15) is 23.0 Å². The number of rotatable bonds is 2. The molecule has 0 amide bonds. The number of carbonyl (C=O) groups is 2. The number of aliphatic hydroxyl groups excluding tert-OH is 2. The van der Waals surface area contributed by atoms with E-state index in [0.29, 0.717) is 0 Å². The third kappa shape index (κ3) is 2.97. The average Bonchev–Trinajstić information content (AvgIpc) is 3.18. The van der Waals surface area contributed by atoms with Gasteiger partial charge in [-0.2, -0.15) is 0 Å². The second kappa shape index (κ2) is 7.96. The van der Waals surface area contributed by atoms with Crippen LogP contribution >= 0.6 is 0 Å². The zero-order valence-corrected chi connectivity index (χ0v) is 20.5. The zero-order valence-electron chi connectivity index (χ0n) is 20.5. The minimum absolute atomic E-state index is 0.0874. The number of benzene rings is 2. The van der Waals surface area contributed by atoms with Crippen LogP contribution in [0.1, 0.15) is 49.8 Å². The Morgan fingerprint density at radius 1 is 0.923 bits per heavy atom. The summed E-state index contributed by atoms with van der Waals surface area (Å²) in [4.78, 5) is 38.1. The van der Waals surface area contributed by atoms with Gasteiger partial charge < -0.3 is 48.9 Å². The highest BCUT2D eigenvalue weighted by molar-refractivity contribution is 6.26. The fourth-order valence-electron chi connectivity index (χ4n) is 5.43. The molecular formula is C26H20O13. The number of fused-ring (bicyclic) bond motifs is 4. The lowest BCUT2D eigenvalue weighted by atomic mass is 9.85. The summed E-state index contributed by atoms with van der Waals surface area (Å²) >= 11 is 0. The quantitative estimate of drug-likeness (QED) is 0.292. The van der Waals surface area contributed by atoms with Gasteiger partial charge in [-0.15, -0.1) is 0 Å². The first-order valence-electron chi connectivity index (χ1n) is 11.5. The Hall–Kier alpha value is -4.59. The van der Waals surface area contributed by atoms with Crippen LogP contribution in [0.15, 0.2) is 33.2 Å². The topological polar surface area (TPSA) is 202 Å². The molecule has 0 saturated carbocycles. The van der Waals surface area contributed by atoms with E-state index >= 15 is 0 Å². The molecule has 0 fully saturated rings. The van der Waals surface area contributed by atoms with Crippen molar-refractivity contribution in [2.75, 3.05) is 14.2 Å². The minimum atomic E-state index is -2.59. The second-order valence-electron chi connectivity index (χ2n) is 9.28. The molecule has 4 unspecified atom stereocenters. The highest BCUT2D eigenvalue weighted by Crippen LogP contribution is 2.61. The normalized spacial score (nSPS) is 25.1. The van der Waals surface area contributed by atoms with Gasteiger partial charge in [-0.25, -0.2) is 4.79 Å². The summed E-state index contributed by atoms with van der Waals surface area (Å²) in [7, 11) is 2.36. The van der Waals surface area contributed by atoms with Gasteiger partial charge >= 0.3 is 11.4 Å². The molecule has 0 bridgehead atoms. The maximum absolute atomic E-state index is 12.9. The maximum atomic E-state index is 12.9. The Kier molecular flexibility index (Phi) is 5.05. The molecule has 1 aromatic heterocycles. The molecule has 39 heavy (non-hydrogen) atoms. The van der Waals surface area contributed by atoms with E-state index in [-0.39, 0.29) is 22.1 Å². The van der Waals surface area contributed by atoms with Crippen LogP contribution in [-0.2, 0) is 9.47 Å². The fraction of sp³-hybridized carbons (Fsp3) is 0.269. The molecule has 1 spiro atoms. The number of carbonyl (C=O) groups excluding carboxylic acids is 2. The van der Waals surface area contributed by atoms with Gasteiger partial charge in [0.05, 0.1) is 23.8 Å². The number of phenolic OH excluding ortho intramolecular Hbond substituents is 3. The predicted molar refractivity (Wildman–Crippen MR) is 127 cm³/mol. The first kappa shape index (κ1) is 24.7. The summed E-state index contributed by atoms with van der Waals surface area (Å²) in [5, 5.41) is 55.8. The Balaban J connectivity index is 1.58. The number of hydrogen-bond acceptors (Lipinski definition) is 13. The van der Waals surface area contributed by atoms with Crippen LogP contribution in [0.4, 0.5) is 0 Å². The number of hydrogen-bond donors (Lipinski definition) is 5. The van der Waals surface area contributed by atoms with Crippen molar-refractivity contribution in [1.82, 2.24) is 0 Å². The zero-order chi connectivity index (χ0) is 28.1. The maximum Gasteiger partial charge on any atom is 0.347 e. The van der Waals surface area contributed by atoms with E-state index < -0.39 is 92.5 Å². The van der Waals surface area contributed by atoms with E-state index in [1.165, 1.54) is 26.2 Å². The van der Waals surface area contributed by atoms with Crippen molar-refractivity contribution in [3.63, 3.8) is 0 Å². The molecular weight excluding hydrogens is 520 g/mol.